The van der Waals surface area contributed by atoms with Crippen LogP contribution in [0.3, 0.4) is 0 Å². The summed E-state index contributed by atoms with van der Waals surface area (Å²) in [5.41, 5.74) is 3.33. The largest absolute Gasteiger partial charge is 0.351 e. The van der Waals surface area contributed by atoms with E-state index in [4.69, 9.17) is 5.26 Å². The van der Waals surface area contributed by atoms with Gasteiger partial charge in [-0.05, 0) is 16.7 Å². The second-order valence-corrected chi connectivity index (χ2v) is 4.17. The summed E-state index contributed by atoms with van der Waals surface area (Å²) in [5, 5.41) is 11.1. The molecular formula is C16H14N2O. The lowest BCUT2D eigenvalue weighted by atomic mass is 10.0. The van der Waals surface area contributed by atoms with Gasteiger partial charge in [-0.15, -0.1) is 0 Å². The van der Waals surface area contributed by atoms with Crippen LogP contribution >= 0.6 is 0 Å². The molecule has 3 heteroatoms. The molecule has 0 aromatic heterocycles. The summed E-state index contributed by atoms with van der Waals surface area (Å²) in [4.78, 5) is 11.2. The predicted molar refractivity (Wildman–Crippen MR) is 74.0 cm³/mol. The smallest absolute Gasteiger partial charge is 0.234 e. The van der Waals surface area contributed by atoms with Crippen LogP contribution in [0.25, 0.3) is 11.1 Å². The number of rotatable bonds is 4. The zero-order chi connectivity index (χ0) is 13.5. The molecular weight excluding hydrogens is 236 g/mol. The fourth-order valence-corrected chi connectivity index (χ4v) is 1.78. The highest BCUT2D eigenvalue weighted by Gasteiger charge is 2.00. The first-order valence-corrected chi connectivity index (χ1v) is 6.07. The van der Waals surface area contributed by atoms with Crippen LogP contribution in [-0.4, -0.2) is 5.91 Å². The lowest BCUT2D eigenvalue weighted by Crippen LogP contribution is -2.21. The molecule has 0 saturated carbocycles. The Hall–Kier alpha value is -2.60. The summed E-state index contributed by atoms with van der Waals surface area (Å²) < 4.78 is 0. The number of hydrogen-bond acceptors (Lipinski definition) is 2. The van der Waals surface area contributed by atoms with Crippen LogP contribution in [0.2, 0.25) is 0 Å². The van der Waals surface area contributed by atoms with Gasteiger partial charge in [0.25, 0.3) is 0 Å². The Morgan fingerprint density at radius 2 is 1.63 bits per heavy atom. The molecule has 0 aliphatic rings. The van der Waals surface area contributed by atoms with E-state index in [1.165, 1.54) is 5.56 Å². The van der Waals surface area contributed by atoms with E-state index in [-0.39, 0.29) is 12.3 Å². The van der Waals surface area contributed by atoms with Gasteiger partial charge in [0.15, 0.2) is 0 Å². The number of amides is 1. The standard InChI is InChI=1S/C16H14N2O/c17-11-10-16(19)18-12-13-6-8-15(9-7-13)14-4-2-1-3-5-14/h1-9H,10,12H2,(H,18,19). The van der Waals surface area contributed by atoms with E-state index < -0.39 is 0 Å². The van der Waals surface area contributed by atoms with Crippen molar-refractivity contribution in [2.75, 3.05) is 0 Å². The number of nitrogens with zero attached hydrogens (tertiary/aromatic N) is 1. The molecule has 2 rings (SSSR count). The van der Waals surface area contributed by atoms with Gasteiger partial charge in [0.05, 0.1) is 6.07 Å². The summed E-state index contributed by atoms with van der Waals surface area (Å²) in [7, 11) is 0. The Morgan fingerprint density at radius 1 is 1.00 bits per heavy atom. The fraction of sp³-hybridized carbons (Fsp3) is 0.125. The SMILES string of the molecule is N#CCC(=O)NCc1ccc(-c2ccccc2)cc1. The molecule has 0 bridgehead atoms. The Morgan fingerprint density at radius 3 is 2.26 bits per heavy atom. The lowest BCUT2D eigenvalue weighted by molar-refractivity contribution is -0.120. The molecule has 2 aromatic rings. The van der Waals surface area contributed by atoms with Gasteiger partial charge in [0.1, 0.15) is 6.42 Å². The first-order valence-electron chi connectivity index (χ1n) is 6.07. The Labute approximate surface area is 112 Å². The summed E-state index contributed by atoms with van der Waals surface area (Å²) in [6.45, 7) is 0.454. The summed E-state index contributed by atoms with van der Waals surface area (Å²) in [6.07, 6.45) is -0.0951. The molecule has 0 saturated heterocycles. The van der Waals surface area contributed by atoms with Gasteiger partial charge < -0.3 is 5.32 Å². The quantitative estimate of drug-likeness (QED) is 0.907. The molecule has 0 spiro atoms. The molecule has 0 radical (unpaired) electrons. The number of hydrogen-bond donors (Lipinski definition) is 1. The normalized spacial score (nSPS) is 9.63. The van der Waals surface area contributed by atoms with Crippen LogP contribution < -0.4 is 5.32 Å². The van der Waals surface area contributed by atoms with E-state index in [1.807, 2.05) is 48.5 Å². The molecule has 1 N–H and O–H groups in total. The second-order valence-electron chi connectivity index (χ2n) is 4.17. The van der Waals surface area contributed by atoms with Crippen molar-refractivity contribution in [2.24, 2.45) is 0 Å². The zero-order valence-electron chi connectivity index (χ0n) is 10.5. The highest BCUT2D eigenvalue weighted by Crippen LogP contribution is 2.19. The van der Waals surface area contributed by atoms with E-state index in [2.05, 4.69) is 17.4 Å². The number of nitriles is 1. The van der Waals surface area contributed by atoms with Gasteiger partial charge in [-0.1, -0.05) is 54.6 Å². The van der Waals surface area contributed by atoms with Crippen molar-refractivity contribution in [3.63, 3.8) is 0 Å². The molecule has 19 heavy (non-hydrogen) atoms. The van der Waals surface area contributed by atoms with E-state index >= 15 is 0 Å². The first kappa shape index (κ1) is 12.8. The minimum atomic E-state index is -0.241. The Balaban J connectivity index is 2.00. The van der Waals surface area contributed by atoms with Gasteiger partial charge >= 0.3 is 0 Å². The van der Waals surface area contributed by atoms with Crippen LogP contribution in [0.4, 0.5) is 0 Å². The molecule has 0 unspecified atom stereocenters. The molecule has 0 heterocycles. The summed E-state index contributed by atoms with van der Waals surface area (Å²) >= 11 is 0. The summed E-state index contributed by atoms with van der Waals surface area (Å²) in [5.74, 6) is -0.241. The average molecular weight is 250 g/mol. The third-order valence-electron chi connectivity index (χ3n) is 2.79. The van der Waals surface area contributed by atoms with Gasteiger partial charge in [-0.3, -0.25) is 4.79 Å². The second kappa shape index (κ2) is 6.36. The topological polar surface area (TPSA) is 52.9 Å². The molecule has 0 atom stereocenters. The van der Waals surface area contributed by atoms with Crippen LogP contribution in [0.1, 0.15) is 12.0 Å². The lowest BCUT2D eigenvalue weighted by Gasteiger charge is -2.05. The fourth-order valence-electron chi connectivity index (χ4n) is 1.78. The van der Waals surface area contributed by atoms with Crippen molar-refractivity contribution in [2.45, 2.75) is 13.0 Å². The average Bonchev–Trinajstić information content (AvgIpc) is 2.47. The minimum absolute atomic E-state index is 0.0951. The maximum absolute atomic E-state index is 11.2. The molecule has 1 amide bonds. The third-order valence-corrected chi connectivity index (χ3v) is 2.79. The molecule has 3 nitrogen and oxygen atoms in total. The van der Waals surface area contributed by atoms with Crippen molar-refractivity contribution < 1.29 is 4.79 Å². The van der Waals surface area contributed by atoms with Gasteiger partial charge in [-0.25, -0.2) is 0 Å². The van der Waals surface area contributed by atoms with Crippen LogP contribution in [0.5, 0.6) is 0 Å². The zero-order valence-corrected chi connectivity index (χ0v) is 10.5. The number of carbonyl (C=O) groups excluding carboxylic acids is 1. The van der Waals surface area contributed by atoms with E-state index in [9.17, 15) is 4.79 Å². The van der Waals surface area contributed by atoms with E-state index in [0.717, 1.165) is 11.1 Å². The highest BCUT2D eigenvalue weighted by atomic mass is 16.1. The first-order chi connectivity index (χ1) is 9.29. The monoisotopic (exact) mass is 250 g/mol. The molecule has 94 valence electrons. The van der Waals surface area contributed by atoms with Crippen molar-refractivity contribution >= 4 is 5.91 Å². The van der Waals surface area contributed by atoms with E-state index in [1.54, 1.807) is 0 Å². The third kappa shape index (κ3) is 3.68. The number of carbonyl (C=O) groups is 1. The molecule has 2 aromatic carbocycles. The van der Waals surface area contributed by atoms with Crippen LogP contribution in [0, 0.1) is 11.3 Å². The van der Waals surface area contributed by atoms with Crippen molar-refractivity contribution in [1.29, 1.82) is 5.26 Å². The van der Waals surface area contributed by atoms with Gasteiger partial charge in [0, 0.05) is 6.54 Å². The van der Waals surface area contributed by atoms with Crippen LogP contribution in [0.15, 0.2) is 54.6 Å². The molecule has 0 aliphatic carbocycles. The number of nitrogens with one attached hydrogen (secondary N) is 1. The molecule has 0 fully saturated rings. The minimum Gasteiger partial charge on any atom is -0.351 e. The maximum Gasteiger partial charge on any atom is 0.234 e. The van der Waals surface area contributed by atoms with Gasteiger partial charge in [0.2, 0.25) is 5.91 Å². The predicted octanol–water partition coefficient (Wildman–Crippen LogP) is 2.88. The van der Waals surface area contributed by atoms with Crippen molar-refractivity contribution in [3.8, 4) is 17.2 Å². The van der Waals surface area contributed by atoms with Gasteiger partial charge in [-0.2, -0.15) is 5.26 Å². The molecule has 0 aliphatic heterocycles. The number of benzene rings is 2. The Kier molecular flexibility index (Phi) is 4.30. The maximum atomic E-state index is 11.2. The Bertz CT molecular complexity index is 582. The highest BCUT2D eigenvalue weighted by molar-refractivity contribution is 5.77. The van der Waals surface area contributed by atoms with Crippen LogP contribution in [-0.2, 0) is 11.3 Å². The summed E-state index contributed by atoms with van der Waals surface area (Å²) in [6, 6.07) is 20.0. The van der Waals surface area contributed by atoms with Crippen molar-refractivity contribution in [1.82, 2.24) is 5.32 Å². The van der Waals surface area contributed by atoms with E-state index in [0.29, 0.717) is 6.54 Å². The van der Waals surface area contributed by atoms with Crippen molar-refractivity contribution in [3.05, 3.63) is 60.2 Å².